The van der Waals surface area contributed by atoms with E-state index in [1.165, 1.54) is 24.3 Å². The zero-order valence-electron chi connectivity index (χ0n) is 14.8. The highest BCUT2D eigenvalue weighted by Gasteiger charge is 2.29. The number of ether oxygens (including phenoxy) is 1. The van der Waals surface area contributed by atoms with E-state index in [4.69, 9.17) is 9.15 Å². The molecule has 1 aromatic heterocycles. The molecule has 6 nitrogen and oxygen atoms in total. The number of likely N-dealkylation sites (tertiary alicyclic amines) is 1. The first-order valence-electron chi connectivity index (χ1n) is 8.58. The number of benzene rings is 1. The summed E-state index contributed by atoms with van der Waals surface area (Å²) in [5.74, 6) is 0.0275. The van der Waals surface area contributed by atoms with E-state index in [0.29, 0.717) is 43.1 Å². The van der Waals surface area contributed by atoms with Gasteiger partial charge in [0.05, 0.1) is 11.6 Å². The zero-order chi connectivity index (χ0) is 18.7. The van der Waals surface area contributed by atoms with Gasteiger partial charge in [-0.3, -0.25) is 9.59 Å². The second kappa shape index (κ2) is 7.68. The Bertz CT molecular complexity index is 773. The number of halogens is 1. The van der Waals surface area contributed by atoms with Gasteiger partial charge >= 0.3 is 5.97 Å². The molecule has 0 N–H and O–H groups in total. The molecule has 1 fully saturated rings. The first kappa shape index (κ1) is 18.1. The van der Waals surface area contributed by atoms with Gasteiger partial charge in [-0.15, -0.1) is 0 Å². The molecule has 2 heterocycles. The summed E-state index contributed by atoms with van der Waals surface area (Å²) in [6, 6.07) is 5.48. The summed E-state index contributed by atoms with van der Waals surface area (Å²) in [6.07, 6.45) is 1.07. The van der Waals surface area contributed by atoms with Gasteiger partial charge in [0.2, 0.25) is 5.89 Å². The van der Waals surface area contributed by atoms with E-state index in [1.54, 1.807) is 4.90 Å². The minimum Gasteiger partial charge on any atom is -0.455 e. The molecule has 138 valence electrons. The smallest absolute Gasteiger partial charge is 0.309 e. The Morgan fingerprint density at radius 2 is 1.88 bits per heavy atom. The van der Waals surface area contributed by atoms with Crippen molar-refractivity contribution in [2.45, 2.75) is 33.3 Å². The molecule has 1 aliphatic heterocycles. The maximum absolute atomic E-state index is 13.0. The Morgan fingerprint density at radius 3 is 2.46 bits per heavy atom. The van der Waals surface area contributed by atoms with Crippen LogP contribution in [0.15, 0.2) is 28.7 Å². The van der Waals surface area contributed by atoms with Gasteiger partial charge < -0.3 is 14.1 Å². The molecule has 0 radical (unpaired) electrons. The summed E-state index contributed by atoms with van der Waals surface area (Å²) >= 11 is 0. The third-order valence-corrected chi connectivity index (χ3v) is 4.62. The minimum absolute atomic E-state index is 0.0161. The number of aromatic nitrogens is 1. The summed E-state index contributed by atoms with van der Waals surface area (Å²) in [6.45, 7) is 4.59. The van der Waals surface area contributed by atoms with Crippen LogP contribution in [0.2, 0.25) is 0 Å². The summed E-state index contributed by atoms with van der Waals surface area (Å²) in [5, 5.41) is 0. The molecule has 3 rings (SSSR count). The first-order chi connectivity index (χ1) is 12.4. The summed E-state index contributed by atoms with van der Waals surface area (Å²) in [5.41, 5.74) is 1.23. The van der Waals surface area contributed by atoms with Crippen LogP contribution in [0.25, 0.3) is 0 Å². The summed E-state index contributed by atoms with van der Waals surface area (Å²) < 4.78 is 23.6. The second-order valence-corrected chi connectivity index (χ2v) is 6.43. The third kappa shape index (κ3) is 4.09. The van der Waals surface area contributed by atoms with Gasteiger partial charge in [-0.25, -0.2) is 9.37 Å². The van der Waals surface area contributed by atoms with Crippen molar-refractivity contribution in [2.24, 2.45) is 5.92 Å². The maximum Gasteiger partial charge on any atom is 0.309 e. The summed E-state index contributed by atoms with van der Waals surface area (Å²) in [4.78, 5) is 30.5. The van der Waals surface area contributed by atoms with Crippen LogP contribution < -0.4 is 0 Å². The van der Waals surface area contributed by atoms with Crippen LogP contribution in [-0.2, 0) is 16.1 Å². The molecule has 0 spiro atoms. The van der Waals surface area contributed by atoms with E-state index in [0.717, 1.165) is 5.69 Å². The van der Waals surface area contributed by atoms with Crippen LogP contribution in [0.1, 0.15) is 40.5 Å². The number of carbonyl (C=O) groups is 2. The maximum atomic E-state index is 13.0. The SMILES string of the molecule is Cc1nc(COC(=O)C2CCN(C(=O)c3ccc(F)cc3)CC2)oc1C. The van der Waals surface area contributed by atoms with Crippen molar-refractivity contribution in [3.05, 3.63) is 53.0 Å². The van der Waals surface area contributed by atoms with Crippen LogP contribution in [0.3, 0.4) is 0 Å². The monoisotopic (exact) mass is 360 g/mol. The van der Waals surface area contributed by atoms with Crippen LogP contribution in [0.5, 0.6) is 0 Å². The van der Waals surface area contributed by atoms with Crippen molar-refractivity contribution in [2.75, 3.05) is 13.1 Å². The standard InChI is InChI=1S/C19H21FN2O4/c1-12-13(2)26-17(21-12)11-25-19(24)15-7-9-22(10-8-15)18(23)14-3-5-16(20)6-4-14/h3-6,15H,7-11H2,1-2H3. The number of aryl methyl sites for hydroxylation is 2. The fourth-order valence-electron chi connectivity index (χ4n) is 2.94. The van der Waals surface area contributed by atoms with Crippen molar-refractivity contribution in [3.63, 3.8) is 0 Å². The van der Waals surface area contributed by atoms with Crippen LogP contribution in [-0.4, -0.2) is 34.8 Å². The number of amides is 1. The molecule has 1 saturated heterocycles. The molecule has 0 bridgehead atoms. The fourth-order valence-corrected chi connectivity index (χ4v) is 2.94. The molecule has 7 heteroatoms. The van der Waals surface area contributed by atoms with Gasteiger partial charge in [0, 0.05) is 18.7 Å². The lowest BCUT2D eigenvalue weighted by molar-refractivity contribution is -0.152. The first-order valence-corrected chi connectivity index (χ1v) is 8.58. The number of rotatable bonds is 4. The largest absolute Gasteiger partial charge is 0.455 e. The Labute approximate surface area is 151 Å². The topological polar surface area (TPSA) is 72.6 Å². The van der Waals surface area contributed by atoms with Crippen molar-refractivity contribution < 1.29 is 23.1 Å². The lowest BCUT2D eigenvalue weighted by Crippen LogP contribution is -2.40. The van der Waals surface area contributed by atoms with E-state index >= 15 is 0 Å². The van der Waals surface area contributed by atoms with Crippen molar-refractivity contribution in [1.82, 2.24) is 9.88 Å². The van der Waals surface area contributed by atoms with E-state index in [9.17, 15) is 14.0 Å². The average Bonchev–Trinajstić information content (AvgIpc) is 2.98. The second-order valence-electron chi connectivity index (χ2n) is 6.43. The molecule has 0 aliphatic carbocycles. The zero-order valence-corrected chi connectivity index (χ0v) is 14.8. The molecule has 1 aliphatic rings. The van der Waals surface area contributed by atoms with Crippen molar-refractivity contribution >= 4 is 11.9 Å². The van der Waals surface area contributed by atoms with Gasteiger partial charge in [-0.05, 0) is 51.0 Å². The number of nitrogens with zero attached hydrogens (tertiary/aromatic N) is 2. The number of piperidine rings is 1. The lowest BCUT2D eigenvalue weighted by Gasteiger charge is -2.30. The molecule has 0 atom stereocenters. The predicted octanol–water partition coefficient (Wildman–Crippen LogP) is 3.03. The van der Waals surface area contributed by atoms with E-state index < -0.39 is 0 Å². The molecule has 1 aromatic carbocycles. The summed E-state index contributed by atoms with van der Waals surface area (Å²) in [7, 11) is 0. The Morgan fingerprint density at radius 1 is 1.23 bits per heavy atom. The number of esters is 1. The number of oxazole rings is 1. The van der Waals surface area contributed by atoms with Crippen LogP contribution in [0, 0.1) is 25.6 Å². The van der Waals surface area contributed by atoms with Gasteiger partial charge in [0.15, 0.2) is 6.61 Å². The average molecular weight is 360 g/mol. The van der Waals surface area contributed by atoms with Crippen molar-refractivity contribution in [3.8, 4) is 0 Å². The third-order valence-electron chi connectivity index (χ3n) is 4.62. The van der Waals surface area contributed by atoms with E-state index in [-0.39, 0.29) is 30.2 Å². The lowest BCUT2D eigenvalue weighted by atomic mass is 9.96. The highest BCUT2D eigenvalue weighted by atomic mass is 19.1. The van der Waals surface area contributed by atoms with Gasteiger partial charge in [-0.2, -0.15) is 0 Å². The Hall–Kier alpha value is -2.70. The number of hydrogen-bond acceptors (Lipinski definition) is 5. The molecule has 1 amide bonds. The number of carbonyl (C=O) groups excluding carboxylic acids is 2. The molecular formula is C19H21FN2O4. The Kier molecular flexibility index (Phi) is 5.35. The highest BCUT2D eigenvalue weighted by Crippen LogP contribution is 2.21. The molecular weight excluding hydrogens is 339 g/mol. The fraction of sp³-hybridized carbons (Fsp3) is 0.421. The normalized spacial score (nSPS) is 15.1. The van der Waals surface area contributed by atoms with Gasteiger partial charge in [-0.1, -0.05) is 0 Å². The van der Waals surface area contributed by atoms with E-state index in [1.807, 2.05) is 13.8 Å². The Balaban J connectivity index is 1.48. The van der Waals surface area contributed by atoms with Gasteiger partial charge in [0.1, 0.15) is 11.6 Å². The molecule has 26 heavy (non-hydrogen) atoms. The molecule has 0 saturated carbocycles. The molecule has 2 aromatic rings. The van der Waals surface area contributed by atoms with Crippen molar-refractivity contribution in [1.29, 1.82) is 0 Å². The van der Waals surface area contributed by atoms with Gasteiger partial charge in [0.25, 0.3) is 5.91 Å². The predicted molar refractivity (Wildman–Crippen MR) is 90.8 cm³/mol. The number of hydrogen-bond donors (Lipinski definition) is 0. The van der Waals surface area contributed by atoms with Crippen LogP contribution in [0.4, 0.5) is 4.39 Å². The quantitative estimate of drug-likeness (QED) is 0.784. The van der Waals surface area contributed by atoms with E-state index in [2.05, 4.69) is 4.98 Å². The van der Waals surface area contributed by atoms with Crippen LogP contribution >= 0.6 is 0 Å². The molecule has 0 unspecified atom stereocenters. The highest BCUT2D eigenvalue weighted by molar-refractivity contribution is 5.94. The minimum atomic E-state index is -0.376.